The van der Waals surface area contributed by atoms with Gasteiger partial charge in [-0.3, -0.25) is 9.59 Å². The quantitative estimate of drug-likeness (QED) is 0.718. The number of halogens is 1. The highest BCUT2D eigenvalue weighted by molar-refractivity contribution is 7.07. The zero-order valence-electron chi connectivity index (χ0n) is 13.6. The summed E-state index contributed by atoms with van der Waals surface area (Å²) in [6, 6.07) is 14.9. The molecule has 1 N–H and O–H groups in total. The second kappa shape index (κ2) is 7.64. The third-order valence-corrected chi connectivity index (χ3v) is 5.06. The zero-order chi connectivity index (χ0) is 17.8. The van der Waals surface area contributed by atoms with Crippen molar-refractivity contribution in [2.75, 3.05) is 0 Å². The lowest BCUT2D eigenvalue weighted by Crippen LogP contribution is -2.20. The van der Waals surface area contributed by atoms with Gasteiger partial charge in [-0.25, -0.2) is 0 Å². The molecular weight excluding hydrogens is 354 g/mol. The number of aromatic nitrogens is 1. The molecule has 0 aliphatic heterocycles. The van der Waals surface area contributed by atoms with Gasteiger partial charge in [0.25, 0.3) is 5.56 Å². The Balaban J connectivity index is 1.97. The predicted octanol–water partition coefficient (Wildman–Crippen LogP) is 3.14. The maximum Gasteiger partial charge on any atom is 0.266 e. The first-order chi connectivity index (χ1) is 12.1. The Kier molecular flexibility index (Phi) is 5.31. The molecule has 3 rings (SSSR count). The molecule has 25 heavy (non-hydrogen) atoms. The van der Waals surface area contributed by atoms with Gasteiger partial charge >= 0.3 is 0 Å². The van der Waals surface area contributed by atoms with Gasteiger partial charge in [0.1, 0.15) is 0 Å². The number of hydrogen-bond acceptors (Lipinski definition) is 3. The Morgan fingerprint density at radius 1 is 1.16 bits per heavy atom. The number of rotatable bonds is 4. The minimum atomic E-state index is -0.234. The van der Waals surface area contributed by atoms with E-state index in [4.69, 9.17) is 11.6 Å². The number of Topliss-reactive ketones (excluding diaryl/α,β-unsaturated/α-hetero) is 1. The van der Waals surface area contributed by atoms with E-state index in [9.17, 15) is 9.59 Å². The number of benzene rings is 2. The molecule has 2 aromatic carbocycles. The second-order valence-corrected chi connectivity index (χ2v) is 7.00. The number of hydrogen-bond donors (Lipinski definition) is 1. The largest absolute Gasteiger partial charge is 0.313 e. The zero-order valence-corrected chi connectivity index (χ0v) is 15.2. The van der Waals surface area contributed by atoms with Crippen molar-refractivity contribution in [2.24, 2.45) is 0 Å². The summed E-state index contributed by atoms with van der Waals surface area (Å²) < 4.78 is 1.06. The second-order valence-electron chi connectivity index (χ2n) is 5.51. The third-order valence-electron chi connectivity index (χ3n) is 3.77. The number of carbonyl (C=O) groups is 1. The van der Waals surface area contributed by atoms with E-state index in [-0.39, 0.29) is 11.3 Å². The van der Waals surface area contributed by atoms with E-state index in [1.165, 1.54) is 23.0 Å². The van der Waals surface area contributed by atoms with E-state index in [0.29, 0.717) is 19.8 Å². The van der Waals surface area contributed by atoms with Crippen LogP contribution in [0.5, 0.6) is 0 Å². The van der Waals surface area contributed by atoms with Crippen molar-refractivity contribution in [3.63, 3.8) is 0 Å². The van der Waals surface area contributed by atoms with Crippen molar-refractivity contribution >= 4 is 40.9 Å². The topological polar surface area (TPSA) is 49.9 Å². The minimum Gasteiger partial charge on any atom is -0.313 e. The van der Waals surface area contributed by atoms with Gasteiger partial charge in [0.05, 0.1) is 14.2 Å². The SMILES string of the molecule is CCc1ccc(/C=c2\s/c(=C\C(=O)c3ccccc3Cl)[nH]c2=O)cc1. The average molecular weight is 370 g/mol. The average Bonchev–Trinajstić information content (AvgIpc) is 2.95. The van der Waals surface area contributed by atoms with Crippen LogP contribution in [0, 0.1) is 0 Å². The molecule has 3 aromatic rings. The highest BCUT2D eigenvalue weighted by Gasteiger charge is 2.07. The number of nitrogens with one attached hydrogen (secondary N) is 1. The molecule has 5 heteroatoms. The Morgan fingerprint density at radius 2 is 1.88 bits per heavy atom. The first-order valence-corrected chi connectivity index (χ1v) is 9.06. The number of aromatic amines is 1. The van der Waals surface area contributed by atoms with Crippen LogP contribution in [-0.4, -0.2) is 10.8 Å². The molecule has 0 unspecified atom stereocenters. The molecule has 0 fully saturated rings. The molecule has 1 aromatic heterocycles. The van der Waals surface area contributed by atoms with Crippen LogP contribution in [0.3, 0.4) is 0 Å². The predicted molar refractivity (Wildman–Crippen MR) is 104 cm³/mol. The van der Waals surface area contributed by atoms with Crippen molar-refractivity contribution in [3.8, 4) is 0 Å². The van der Waals surface area contributed by atoms with Gasteiger partial charge in [0, 0.05) is 11.6 Å². The lowest BCUT2D eigenvalue weighted by molar-refractivity contribution is 0.106. The number of thiazole rings is 1. The van der Waals surface area contributed by atoms with Gasteiger partial charge in [-0.15, -0.1) is 11.3 Å². The molecular formula is C20H16ClNO2S. The fourth-order valence-corrected chi connectivity index (χ4v) is 3.50. The van der Waals surface area contributed by atoms with Crippen molar-refractivity contribution in [1.29, 1.82) is 0 Å². The monoisotopic (exact) mass is 369 g/mol. The molecule has 0 amide bonds. The molecule has 3 nitrogen and oxygen atoms in total. The summed E-state index contributed by atoms with van der Waals surface area (Å²) in [5.74, 6) is -0.234. The van der Waals surface area contributed by atoms with Crippen molar-refractivity contribution in [2.45, 2.75) is 13.3 Å². The number of aryl methyl sites for hydroxylation is 1. The van der Waals surface area contributed by atoms with Crippen molar-refractivity contribution in [3.05, 3.63) is 89.8 Å². The summed E-state index contributed by atoms with van der Waals surface area (Å²) >= 11 is 7.29. The maximum absolute atomic E-state index is 12.3. The molecule has 1 heterocycles. The third kappa shape index (κ3) is 4.16. The normalized spacial score (nSPS) is 12.6. The fraction of sp³-hybridized carbons (Fsp3) is 0.100. The van der Waals surface area contributed by atoms with Crippen LogP contribution in [0.15, 0.2) is 53.3 Å². The summed E-state index contributed by atoms with van der Waals surface area (Å²) in [6.45, 7) is 2.10. The first-order valence-electron chi connectivity index (χ1n) is 7.87. The Labute approximate surface area is 153 Å². The van der Waals surface area contributed by atoms with E-state index in [0.717, 1.165) is 12.0 Å². The number of ketones is 1. The van der Waals surface area contributed by atoms with E-state index in [2.05, 4.69) is 11.9 Å². The first kappa shape index (κ1) is 17.4. The van der Waals surface area contributed by atoms with Gasteiger partial charge in [-0.1, -0.05) is 54.9 Å². The summed E-state index contributed by atoms with van der Waals surface area (Å²) in [4.78, 5) is 27.2. The van der Waals surface area contributed by atoms with Gasteiger partial charge < -0.3 is 4.98 Å². The molecule has 0 radical (unpaired) electrons. The van der Waals surface area contributed by atoms with Crippen LogP contribution in [0.25, 0.3) is 12.2 Å². The summed E-state index contributed by atoms with van der Waals surface area (Å²) in [5, 5.41) is 0.394. The van der Waals surface area contributed by atoms with Crippen LogP contribution in [0.2, 0.25) is 5.02 Å². The van der Waals surface area contributed by atoms with Gasteiger partial charge in [0.2, 0.25) is 0 Å². The summed E-state index contributed by atoms with van der Waals surface area (Å²) in [7, 11) is 0. The van der Waals surface area contributed by atoms with E-state index >= 15 is 0 Å². The van der Waals surface area contributed by atoms with Crippen molar-refractivity contribution in [1.82, 2.24) is 4.98 Å². The minimum absolute atomic E-state index is 0.206. The van der Waals surface area contributed by atoms with Crippen LogP contribution in [0.1, 0.15) is 28.4 Å². The van der Waals surface area contributed by atoms with E-state index in [1.54, 1.807) is 24.3 Å². The van der Waals surface area contributed by atoms with Gasteiger partial charge in [-0.2, -0.15) is 0 Å². The highest BCUT2D eigenvalue weighted by Crippen LogP contribution is 2.15. The van der Waals surface area contributed by atoms with E-state index in [1.807, 2.05) is 30.3 Å². The Morgan fingerprint density at radius 3 is 2.56 bits per heavy atom. The van der Waals surface area contributed by atoms with Crippen LogP contribution in [0.4, 0.5) is 0 Å². The lowest BCUT2D eigenvalue weighted by atomic mass is 10.1. The molecule has 0 bridgehead atoms. The van der Waals surface area contributed by atoms with Gasteiger partial charge in [0.15, 0.2) is 5.78 Å². The van der Waals surface area contributed by atoms with Crippen molar-refractivity contribution < 1.29 is 4.79 Å². The molecule has 0 aliphatic carbocycles. The highest BCUT2D eigenvalue weighted by atomic mass is 35.5. The number of carbonyl (C=O) groups excluding carboxylic acids is 1. The Bertz CT molecular complexity index is 1080. The molecule has 0 saturated heterocycles. The standard InChI is InChI=1S/C20H16ClNO2S/c1-2-13-7-9-14(10-8-13)11-18-20(24)22-19(25-18)12-17(23)15-5-3-4-6-16(15)21/h3-12H,2H2,1H3,(H,22,24)/b18-11-,19-12-. The molecule has 0 saturated carbocycles. The molecule has 0 atom stereocenters. The Hall–Kier alpha value is -2.43. The lowest BCUT2D eigenvalue weighted by Gasteiger charge is -1.97. The molecule has 0 aliphatic rings. The maximum atomic E-state index is 12.3. The van der Waals surface area contributed by atoms with E-state index < -0.39 is 0 Å². The summed E-state index contributed by atoms with van der Waals surface area (Å²) in [5.41, 5.74) is 2.41. The summed E-state index contributed by atoms with van der Waals surface area (Å²) in [6.07, 6.45) is 4.20. The van der Waals surface area contributed by atoms with Crippen LogP contribution >= 0.6 is 22.9 Å². The smallest absolute Gasteiger partial charge is 0.266 e. The van der Waals surface area contributed by atoms with Crippen LogP contribution < -0.4 is 14.8 Å². The number of H-pyrrole nitrogens is 1. The molecule has 126 valence electrons. The van der Waals surface area contributed by atoms with Crippen LogP contribution in [-0.2, 0) is 6.42 Å². The molecule has 0 spiro atoms. The fourth-order valence-electron chi connectivity index (χ4n) is 2.38. The van der Waals surface area contributed by atoms with Gasteiger partial charge in [-0.05, 0) is 35.8 Å².